The van der Waals surface area contributed by atoms with Crippen LogP contribution in [0.1, 0.15) is 9.75 Å². The Morgan fingerprint density at radius 1 is 1.18 bits per heavy atom. The largest absolute Gasteiger partial charge is 0.593 e. The van der Waals surface area contributed by atoms with Crippen molar-refractivity contribution in [3.63, 3.8) is 0 Å². The van der Waals surface area contributed by atoms with Crippen molar-refractivity contribution in [3.05, 3.63) is 59.5 Å². The molecule has 0 saturated heterocycles. The van der Waals surface area contributed by atoms with Crippen LogP contribution in [-0.2, 0) is 17.9 Å². The molecule has 0 bridgehead atoms. The molecular weight excluding hydrogens is 422 g/mol. The molecule has 3 N–H and O–H groups in total. The normalized spacial score (nSPS) is 12.5. The van der Waals surface area contributed by atoms with E-state index in [1.54, 1.807) is 25.4 Å². The number of rotatable bonds is 7. The fourth-order valence-corrected chi connectivity index (χ4v) is 4.62. The number of phenols is 1. The SMILES string of the molecule is Cc1ccc(CNc2c(Nc3ccc(Cl)c([S+]([O-])N(C)C)c3O)c(=O)c2=O)s1. The lowest BCUT2D eigenvalue weighted by molar-refractivity contribution is 0.454. The Morgan fingerprint density at radius 2 is 1.86 bits per heavy atom. The molecule has 0 spiro atoms. The molecule has 0 fully saturated rings. The zero-order valence-corrected chi connectivity index (χ0v) is 17.7. The number of anilines is 3. The van der Waals surface area contributed by atoms with Gasteiger partial charge in [0.2, 0.25) is 4.90 Å². The summed E-state index contributed by atoms with van der Waals surface area (Å²) in [5, 5.41) is 16.4. The van der Waals surface area contributed by atoms with E-state index in [1.165, 1.54) is 16.4 Å². The number of aryl methyl sites for hydroxylation is 1. The molecule has 10 heteroatoms. The van der Waals surface area contributed by atoms with Gasteiger partial charge in [-0.15, -0.1) is 15.6 Å². The van der Waals surface area contributed by atoms with E-state index in [0.29, 0.717) is 6.54 Å². The van der Waals surface area contributed by atoms with Gasteiger partial charge in [-0.1, -0.05) is 11.6 Å². The van der Waals surface area contributed by atoms with Crippen LogP contribution in [0.15, 0.2) is 38.8 Å². The summed E-state index contributed by atoms with van der Waals surface area (Å²) in [5.74, 6) is -0.340. The Hall–Kier alpha value is -2.04. The van der Waals surface area contributed by atoms with Crippen LogP contribution in [0.2, 0.25) is 5.02 Å². The fourth-order valence-electron chi connectivity index (χ4n) is 2.57. The van der Waals surface area contributed by atoms with Gasteiger partial charge in [-0.25, -0.2) is 0 Å². The number of nitrogens with one attached hydrogen (secondary N) is 2. The van der Waals surface area contributed by atoms with Gasteiger partial charge in [0.15, 0.2) is 5.75 Å². The van der Waals surface area contributed by atoms with Crippen molar-refractivity contribution in [2.24, 2.45) is 0 Å². The predicted octanol–water partition coefficient (Wildman–Crippen LogP) is 2.95. The highest BCUT2D eigenvalue weighted by molar-refractivity contribution is 7.89. The van der Waals surface area contributed by atoms with Gasteiger partial charge in [0.25, 0.3) is 10.9 Å². The van der Waals surface area contributed by atoms with Gasteiger partial charge >= 0.3 is 0 Å². The summed E-state index contributed by atoms with van der Waals surface area (Å²) in [6.07, 6.45) is 0. The van der Waals surface area contributed by atoms with Crippen LogP contribution in [0, 0.1) is 6.92 Å². The van der Waals surface area contributed by atoms with Gasteiger partial charge in [-0.3, -0.25) is 9.59 Å². The molecule has 0 aliphatic rings. The summed E-state index contributed by atoms with van der Waals surface area (Å²) in [5.41, 5.74) is -0.967. The molecule has 0 aliphatic heterocycles. The minimum atomic E-state index is -1.69. The van der Waals surface area contributed by atoms with Crippen LogP contribution < -0.4 is 21.5 Å². The van der Waals surface area contributed by atoms with Gasteiger partial charge < -0.3 is 20.3 Å². The monoisotopic (exact) mass is 439 g/mol. The standard InChI is InChI=1S/C18H18ClN3O4S2/c1-9-4-5-10(27-9)8-20-13-14(17(25)16(13)24)21-12-7-6-11(19)18(15(12)23)28(26)22(2)3/h4-7,20-21,23H,8H2,1-3H3. The predicted molar refractivity (Wildman–Crippen MR) is 114 cm³/mol. The van der Waals surface area contributed by atoms with E-state index in [1.807, 2.05) is 19.1 Å². The minimum absolute atomic E-state index is 0.0268. The average molecular weight is 440 g/mol. The highest BCUT2D eigenvalue weighted by atomic mass is 35.5. The molecule has 0 aliphatic carbocycles. The second kappa shape index (κ2) is 8.14. The summed E-state index contributed by atoms with van der Waals surface area (Å²) in [4.78, 5) is 26.2. The molecule has 0 radical (unpaired) electrons. The molecule has 1 heterocycles. The van der Waals surface area contributed by atoms with Crippen LogP contribution in [0.5, 0.6) is 5.75 Å². The summed E-state index contributed by atoms with van der Waals surface area (Å²) >= 11 is 5.97. The molecule has 3 aromatic rings. The third-order valence-corrected chi connectivity index (χ3v) is 6.85. The lowest BCUT2D eigenvalue weighted by atomic mass is 10.1. The Bertz CT molecular complexity index is 1090. The minimum Gasteiger partial charge on any atom is -0.593 e. The third kappa shape index (κ3) is 3.89. The van der Waals surface area contributed by atoms with E-state index in [2.05, 4.69) is 10.6 Å². The molecule has 7 nitrogen and oxygen atoms in total. The van der Waals surface area contributed by atoms with E-state index < -0.39 is 22.2 Å². The van der Waals surface area contributed by atoms with E-state index in [-0.39, 0.29) is 32.7 Å². The molecular formula is C18H18ClN3O4S2. The average Bonchev–Trinajstić information content (AvgIpc) is 3.07. The topological polar surface area (TPSA) is 105 Å². The number of nitrogens with zero attached hydrogens (tertiary/aromatic N) is 1. The number of thiophene rings is 1. The number of phenolic OH excluding ortho intramolecular Hbond substituents is 1. The van der Waals surface area contributed by atoms with Crippen molar-refractivity contribution in [2.45, 2.75) is 18.4 Å². The van der Waals surface area contributed by atoms with Gasteiger partial charge in [-0.2, -0.15) is 0 Å². The second-order valence-corrected chi connectivity index (χ2v) is 9.65. The summed E-state index contributed by atoms with van der Waals surface area (Å²) in [6, 6.07) is 6.84. The zero-order chi connectivity index (χ0) is 20.6. The van der Waals surface area contributed by atoms with E-state index >= 15 is 0 Å². The second-order valence-electron chi connectivity index (χ2n) is 6.23. The maximum Gasteiger partial charge on any atom is 0.253 e. The maximum atomic E-state index is 12.4. The molecule has 0 amide bonds. The molecule has 0 saturated carbocycles. The van der Waals surface area contributed by atoms with Crippen LogP contribution >= 0.6 is 22.9 Å². The zero-order valence-electron chi connectivity index (χ0n) is 15.3. The van der Waals surface area contributed by atoms with Crippen molar-refractivity contribution >= 4 is 51.4 Å². The van der Waals surface area contributed by atoms with Crippen molar-refractivity contribution < 1.29 is 9.66 Å². The Kier molecular flexibility index (Phi) is 6.01. The van der Waals surface area contributed by atoms with E-state index in [0.717, 1.165) is 9.75 Å². The quantitative estimate of drug-likeness (QED) is 0.295. The van der Waals surface area contributed by atoms with E-state index in [9.17, 15) is 19.2 Å². The van der Waals surface area contributed by atoms with Gasteiger partial charge in [0, 0.05) is 30.4 Å². The highest BCUT2D eigenvalue weighted by Crippen LogP contribution is 2.39. The molecule has 3 rings (SSSR count). The molecule has 1 aromatic heterocycles. The number of hydrogen-bond donors (Lipinski definition) is 3. The Morgan fingerprint density at radius 3 is 2.46 bits per heavy atom. The van der Waals surface area contributed by atoms with E-state index in [4.69, 9.17) is 11.6 Å². The van der Waals surface area contributed by atoms with Crippen LogP contribution in [0.3, 0.4) is 0 Å². The highest BCUT2D eigenvalue weighted by Gasteiger charge is 2.28. The van der Waals surface area contributed by atoms with Crippen molar-refractivity contribution in [1.29, 1.82) is 0 Å². The van der Waals surface area contributed by atoms with Crippen molar-refractivity contribution in [2.75, 3.05) is 24.7 Å². The summed E-state index contributed by atoms with van der Waals surface area (Å²) < 4.78 is 13.8. The first-order valence-electron chi connectivity index (χ1n) is 8.21. The number of hydrogen-bond acceptors (Lipinski definition) is 8. The summed E-state index contributed by atoms with van der Waals surface area (Å²) in [7, 11) is 3.16. The van der Waals surface area contributed by atoms with Crippen LogP contribution in [0.4, 0.5) is 17.1 Å². The lowest BCUT2D eigenvalue weighted by Crippen LogP contribution is -2.36. The van der Waals surface area contributed by atoms with Gasteiger partial charge in [0.05, 0.1) is 17.0 Å². The first-order chi connectivity index (χ1) is 13.2. The summed E-state index contributed by atoms with van der Waals surface area (Å²) in [6.45, 7) is 2.39. The maximum absolute atomic E-state index is 12.4. The lowest BCUT2D eigenvalue weighted by Gasteiger charge is -2.20. The molecule has 28 heavy (non-hydrogen) atoms. The van der Waals surface area contributed by atoms with Crippen molar-refractivity contribution in [1.82, 2.24) is 4.31 Å². The first-order valence-corrected chi connectivity index (χ1v) is 10.5. The van der Waals surface area contributed by atoms with Crippen LogP contribution in [-0.4, -0.2) is 28.1 Å². The first kappa shape index (κ1) is 20.7. The molecule has 1 unspecified atom stereocenters. The van der Waals surface area contributed by atoms with Crippen LogP contribution in [0.25, 0.3) is 0 Å². The Labute approximate surface area is 173 Å². The van der Waals surface area contributed by atoms with Gasteiger partial charge in [-0.05, 0) is 31.2 Å². The number of aromatic hydroxyl groups is 1. The number of benzene rings is 1. The molecule has 1 atom stereocenters. The number of halogens is 1. The molecule has 2 aromatic carbocycles. The van der Waals surface area contributed by atoms with Crippen molar-refractivity contribution in [3.8, 4) is 5.75 Å². The Balaban J connectivity index is 1.87. The van der Waals surface area contributed by atoms with Gasteiger partial charge in [0.1, 0.15) is 16.4 Å². The molecule has 148 valence electrons. The fraction of sp³-hybridized carbons (Fsp3) is 0.222. The smallest absolute Gasteiger partial charge is 0.253 e. The third-order valence-electron chi connectivity index (χ3n) is 4.00.